The maximum Gasteiger partial charge on any atom is 0.104 e. The van der Waals surface area contributed by atoms with Gasteiger partial charge in [0.25, 0.3) is 0 Å². The average molecular weight is 268 g/mol. The van der Waals surface area contributed by atoms with Gasteiger partial charge in [0, 0.05) is 24.3 Å². The van der Waals surface area contributed by atoms with Gasteiger partial charge in [0.1, 0.15) is 4.99 Å². The predicted molar refractivity (Wildman–Crippen MR) is 83.4 cm³/mol. The molecule has 1 heterocycles. The Kier molecular flexibility index (Phi) is 2.99. The zero-order chi connectivity index (χ0) is 13.4. The standard InChI is InChI=1S/C16H16N2S/c1-11-8-14(6-7-15(11)16(17)19)18-9-12-4-2-3-5-13(12)10-18/h2-8H,9-10H2,1H3,(H2,17,19). The lowest BCUT2D eigenvalue weighted by Gasteiger charge is -2.19. The van der Waals surface area contributed by atoms with Crippen molar-refractivity contribution >= 4 is 22.9 Å². The summed E-state index contributed by atoms with van der Waals surface area (Å²) in [6.45, 7) is 4.01. The van der Waals surface area contributed by atoms with Gasteiger partial charge in [-0.05, 0) is 41.8 Å². The molecule has 0 bridgehead atoms. The molecule has 0 amide bonds. The van der Waals surface area contributed by atoms with Crippen LogP contribution in [0.15, 0.2) is 42.5 Å². The summed E-state index contributed by atoms with van der Waals surface area (Å²) in [6.07, 6.45) is 0. The molecule has 0 fully saturated rings. The van der Waals surface area contributed by atoms with E-state index in [1.54, 1.807) is 0 Å². The molecule has 2 aromatic carbocycles. The first-order valence-electron chi connectivity index (χ1n) is 6.37. The number of aryl methyl sites for hydroxylation is 1. The third-order valence-electron chi connectivity index (χ3n) is 3.68. The number of anilines is 1. The molecule has 0 aromatic heterocycles. The van der Waals surface area contributed by atoms with Crippen molar-refractivity contribution in [3.8, 4) is 0 Å². The summed E-state index contributed by atoms with van der Waals surface area (Å²) in [4.78, 5) is 2.84. The van der Waals surface area contributed by atoms with E-state index in [-0.39, 0.29) is 0 Å². The largest absolute Gasteiger partial charge is 0.389 e. The topological polar surface area (TPSA) is 29.3 Å². The molecule has 2 aromatic rings. The summed E-state index contributed by atoms with van der Waals surface area (Å²) >= 11 is 5.05. The highest BCUT2D eigenvalue weighted by Crippen LogP contribution is 2.29. The van der Waals surface area contributed by atoms with Crippen LogP contribution < -0.4 is 10.6 Å². The van der Waals surface area contributed by atoms with Crippen molar-refractivity contribution in [3.05, 3.63) is 64.7 Å². The minimum atomic E-state index is 0.466. The van der Waals surface area contributed by atoms with Crippen LogP contribution in [0, 0.1) is 6.92 Å². The quantitative estimate of drug-likeness (QED) is 0.848. The lowest BCUT2D eigenvalue weighted by atomic mass is 10.1. The number of rotatable bonds is 2. The molecule has 0 unspecified atom stereocenters. The molecule has 3 heteroatoms. The highest BCUT2D eigenvalue weighted by atomic mass is 32.1. The van der Waals surface area contributed by atoms with Crippen molar-refractivity contribution in [1.29, 1.82) is 0 Å². The van der Waals surface area contributed by atoms with Gasteiger partial charge >= 0.3 is 0 Å². The normalized spacial score (nSPS) is 13.4. The zero-order valence-electron chi connectivity index (χ0n) is 10.9. The van der Waals surface area contributed by atoms with E-state index < -0.39 is 0 Å². The van der Waals surface area contributed by atoms with E-state index >= 15 is 0 Å². The van der Waals surface area contributed by atoms with E-state index in [0.29, 0.717) is 4.99 Å². The monoisotopic (exact) mass is 268 g/mol. The molecule has 1 aliphatic rings. The number of nitrogens with two attached hydrogens (primary N) is 1. The molecule has 0 radical (unpaired) electrons. The first-order chi connectivity index (χ1) is 9.15. The van der Waals surface area contributed by atoms with Crippen LogP contribution >= 0.6 is 12.2 Å². The summed E-state index contributed by atoms with van der Waals surface area (Å²) in [7, 11) is 0. The minimum absolute atomic E-state index is 0.466. The van der Waals surface area contributed by atoms with Crippen LogP contribution in [0.5, 0.6) is 0 Å². The van der Waals surface area contributed by atoms with Crippen molar-refractivity contribution < 1.29 is 0 Å². The second-order valence-corrected chi connectivity index (χ2v) is 5.43. The molecule has 1 aliphatic heterocycles. The molecule has 96 valence electrons. The van der Waals surface area contributed by atoms with Gasteiger partial charge in [0.05, 0.1) is 0 Å². The summed E-state index contributed by atoms with van der Waals surface area (Å²) in [5.41, 5.74) is 11.9. The molecule has 0 saturated carbocycles. The number of hydrogen-bond acceptors (Lipinski definition) is 2. The number of nitrogens with zero attached hydrogens (tertiary/aromatic N) is 1. The molecule has 2 nitrogen and oxygen atoms in total. The fourth-order valence-corrected chi connectivity index (χ4v) is 2.87. The van der Waals surface area contributed by atoms with Crippen molar-refractivity contribution in [3.63, 3.8) is 0 Å². The molecule has 0 saturated heterocycles. The Morgan fingerprint density at radius 3 is 2.26 bits per heavy atom. The Balaban J connectivity index is 1.90. The van der Waals surface area contributed by atoms with Crippen LogP contribution in [-0.4, -0.2) is 4.99 Å². The van der Waals surface area contributed by atoms with E-state index in [2.05, 4.69) is 48.2 Å². The van der Waals surface area contributed by atoms with Crippen molar-refractivity contribution in [2.24, 2.45) is 5.73 Å². The Hall–Kier alpha value is -1.87. The van der Waals surface area contributed by atoms with E-state index in [9.17, 15) is 0 Å². The number of benzene rings is 2. The first-order valence-corrected chi connectivity index (χ1v) is 6.78. The fourth-order valence-electron chi connectivity index (χ4n) is 2.64. The van der Waals surface area contributed by atoms with Gasteiger partial charge < -0.3 is 10.6 Å². The van der Waals surface area contributed by atoms with Gasteiger partial charge in [0.2, 0.25) is 0 Å². The molecule has 3 rings (SSSR count). The average Bonchev–Trinajstić information content (AvgIpc) is 2.81. The fraction of sp³-hybridized carbons (Fsp3) is 0.188. The van der Waals surface area contributed by atoms with E-state index in [1.165, 1.54) is 16.8 Å². The number of fused-ring (bicyclic) bond motifs is 1. The maximum atomic E-state index is 5.70. The van der Waals surface area contributed by atoms with E-state index in [0.717, 1.165) is 24.2 Å². The summed E-state index contributed by atoms with van der Waals surface area (Å²) in [6, 6.07) is 14.9. The summed E-state index contributed by atoms with van der Waals surface area (Å²) in [5.74, 6) is 0. The Morgan fingerprint density at radius 1 is 1.11 bits per heavy atom. The molecule has 0 atom stereocenters. The second-order valence-electron chi connectivity index (χ2n) is 4.99. The predicted octanol–water partition coefficient (Wildman–Crippen LogP) is 3.15. The maximum absolute atomic E-state index is 5.70. The van der Waals surface area contributed by atoms with Crippen LogP contribution in [0.3, 0.4) is 0 Å². The Labute approximate surface area is 118 Å². The summed E-state index contributed by atoms with van der Waals surface area (Å²) in [5, 5.41) is 0. The molecule has 2 N–H and O–H groups in total. The van der Waals surface area contributed by atoms with Crippen LogP contribution in [0.4, 0.5) is 5.69 Å². The molecule has 0 aliphatic carbocycles. The Bertz CT molecular complexity index is 624. The van der Waals surface area contributed by atoms with Gasteiger partial charge in [0.15, 0.2) is 0 Å². The minimum Gasteiger partial charge on any atom is -0.389 e. The van der Waals surface area contributed by atoms with Crippen LogP contribution in [-0.2, 0) is 13.1 Å². The van der Waals surface area contributed by atoms with Gasteiger partial charge in [-0.3, -0.25) is 0 Å². The molecule has 19 heavy (non-hydrogen) atoms. The third-order valence-corrected chi connectivity index (χ3v) is 3.90. The number of thiocarbonyl (C=S) groups is 1. The lowest BCUT2D eigenvalue weighted by molar-refractivity contribution is 0.879. The van der Waals surface area contributed by atoms with Crippen molar-refractivity contribution in [2.75, 3.05) is 4.90 Å². The zero-order valence-corrected chi connectivity index (χ0v) is 11.7. The van der Waals surface area contributed by atoms with Crippen molar-refractivity contribution in [2.45, 2.75) is 20.0 Å². The van der Waals surface area contributed by atoms with Gasteiger partial charge in [-0.2, -0.15) is 0 Å². The molecular weight excluding hydrogens is 252 g/mol. The van der Waals surface area contributed by atoms with Crippen LogP contribution in [0.25, 0.3) is 0 Å². The third kappa shape index (κ3) is 2.22. The van der Waals surface area contributed by atoms with E-state index in [1.807, 2.05) is 6.07 Å². The first kappa shape index (κ1) is 12.2. The van der Waals surface area contributed by atoms with E-state index in [4.69, 9.17) is 18.0 Å². The number of hydrogen-bond donors (Lipinski definition) is 1. The van der Waals surface area contributed by atoms with Gasteiger partial charge in [-0.25, -0.2) is 0 Å². The Morgan fingerprint density at radius 2 is 1.74 bits per heavy atom. The summed E-state index contributed by atoms with van der Waals surface area (Å²) < 4.78 is 0. The highest BCUT2D eigenvalue weighted by molar-refractivity contribution is 7.80. The van der Waals surface area contributed by atoms with Gasteiger partial charge in [-0.15, -0.1) is 0 Å². The van der Waals surface area contributed by atoms with Gasteiger partial charge in [-0.1, -0.05) is 36.5 Å². The van der Waals surface area contributed by atoms with Crippen LogP contribution in [0.1, 0.15) is 22.3 Å². The smallest absolute Gasteiger partial charge is 0.104 e. The van der Waals surface area contributed by atoms with Crippen LogP contribution in [0.2, 0.25) is 0 Å². The molecular formula is C16H16N2S. The molecule has 0 spiro atoms. The highest BCUT2D eigenvalue weighted by Gasteiger charge is 2.18. The van der Waals surface area contributed by atoms with Crippen molar-refractivity contribution in [1.82, 2.24) is 0 Å². The lowest BCUT2D eigenvalue weighted by Crippen LogP contribution is -2.16. The SMILES string of the molecule is Cc1cc(N2Cc3ccccc3C2)ccc1C(N)=S. The second kappa shape index (κ2) is 4.67.